The van der Waals surface area contributed by atoms with Gasteiger partial charge in [-0.1, -0.05) is 13.8 Å². The van der Waals surface area contributed by atoms with Crippen LogP contribution in [0.2, 0.25) is 0 Å². The molecule has 0 amide bonds. The average Bonchev–Trinajstić information content (AvgIpc) is 2.61. The Labute approximate surface area is 165 Å². The Balaban J connectivity index is 2.19. The zero-order valence-electron chi connectivity index (χ0n) is 16.9. The largest absolute Gasteiger partial charge is 0.377 e. The molecule has 2 atom stereocenters. The topological polar surface area (TPSA) is 94.6 Å². The Morgan fingerprint density at radius 3 is 2.46 bits per heavy atom. The molecule has 1 aromatic carbocycles. The van der Waals surface area contributed by atoms with Gasteiger partial charge in [0.05, 0.1) is 16.8 Å². The van der Waals surface area contributed by atoms with Gasteiger partial charge in [-0.3, -0.25) is 14.4 Å². The van der Waals surface area contributed by atoms with Crippen molar-refractivity contribution >= 4 is 27.2 Å². The number of hydrogen-bond donors (Lipinski definition) is 0. The molecule has 0 spiro atoms. The molecule has 1 aromatic rings. The molecule has 6 nitrogen and oxygen atoms in total. The first-order valence-corrected chi connectivity index (χ1v) is 11.1. The third-order valence-electron chi connectivity index (χ3n) is 6.11. The Morgan fingerprint density at radius 1 is 1.21 bits per heavy atom. The van der Waals surface area contributed by atoms with Crippen LogP contribution in [0, 0.1) is 25.2 Å². The van der Waals surface area contributed by atoms with Gasteiger partial charge in [0, 0.05) is 30.1 Å². The second-order valence-electron chi connectivity index (χ2n) is 8.45. The molecule has 1 saturated carbocycles. The molecular formula is C21H26O6S. The zero-order chi connectivity index (χ0) is 21.0. The normalized spacial score (nSPS) is 26.0. The molecule has 0 N–H and O–H groups in total. The van der Waals surface area contributed by atoms with Crippen molar-refractivity contribution in [3.8, 4) is 0 Å². The van der Waals surface area contributed by atoms with E-state index in [1.54, 1.807) is 27.7 Å². The number of rotatable bonds is 3. The highest BCUT2D eigenvalue weighted by Crippen LogP contribution is 2.41. The smallest absolute Gasteiger partial charge is 0.181 e. The minimum absolute atomic E-state index is 0.0140. The van der Waals surface area contributed by atoms with Crippen LogP contribution < -0.4 is 0 Å². The number of fused-ring (bicyclic) bond motifs is 1. The van der Waals surface area contributed by atoms with E-state index in [0.29, 0.717) is 29.5 Å². The fourth-order valence-electron chi connectivity index (χ4n) is 4.38. The number of carbonyl (C=O) groups excluding carboxylic acids is 3. The quantitative estimate of drug-likeness (QED) is 0.566. The standard InChI is InChI=1S/C21H26O6S/c1-11-10-13(18(23)17-14(22)6-8-21(3,4)20(17)24)12(2)16-15(27-5)7-9-28(25,26)19(11)16/h10,15,17H,6-9H2,1-5H3. The van der Waals surface area contributed by atoms with Crippen molar-refractivity contribution in [2.24, 2.45) is 11.3 Å². The maximum absolute atomic E-state index is 13.3. The van der Waals surface area contributed by atoms with Crippen molar-refractivity contribution in [3.63, 3.8) is 0 Å². The van der Waals surface area contributed by atoms with Crippen LogP contribution in [0.25, 0.3) is 0 Å². The molecule has 0 saturated heterocycles. The lowest BCUT2D eigenvalue weighted by Crippen LogP contribution is -2.45. The highest BCUT2D eigenvalue weighted by atomic mass is 32.2. The molecule has 28 heavy (non-hydrogen) atoms. The Morgan fingerprint density at radius 2 is 1.86 bits per heavy atom. The lowest BCUT2D eigenvalue weighted by molar-refractivity contribution is -0.140. The van der Waals surface area contributed by atoms with Crippen LogP contribution in [0.4, 0.5) is 0 Å². The summed E-state index contributed by atoms with van der Waals surface area (Å²) in [5.74, 6) is -2.59. The predicted octanol–water partition coefficient (Wildman–Crippen LogP) is 2.93. The van der Waals surface area contributed by atoms with Gasteiger partial charge in [-0.2, -0.15) is 0 Å². The minimum atomic E-state index is -3.47. The molecule has 7 heteroatoms. The minimum Gasteiger partial charge on any atom is -0.377 e. The summed E-state index contributed by atoms with van der Waals surface area (Å²) in [7, 11) is -1.96. The van der Waals surface area contributed by atoms with Gasteiger partial charge in [0.1, 0.15) is 5.92 Å². The number of benzene rings is 1. The van der Waals surface area contributed by atoms with Crippen molar-refractivity contribution < 1.29 is 27.5 Å². The fourth-order valence-corrected chi connectivity index (χ4v) is 6.28. The number of ketones is 3. The van der Waals surface area contributed by atoms with Crippen molar-refractivity contribution in [3.05, 3.63) is 28.3 Å². The van der Waals surface area contributed by atoms with E-state index >= 15 is 0 Å². The van der Waals surface area contributed by atoms with Crippen molar-refractivity contribution in [1.29, 1.82) is 0 Å². The molecule has 152 valence electrons. The molecule has 2 unspecified atom stereocenters. The summed E-state index contributed by atoms with van der Waals surface area (Å²) in [6.07, 6.45) is 0.477. The van der Waals surface area contributed by atoms with Crippen molar-refractivity contribution in [2.45, 2.75) is 58.0 Å². The Hall–Kier alpha value is -1.86. The molecule has 2 aliphatic rings. The Kier molecular flexibility index (Phi) is 5.13. The molecule has 0 bridgehead atoms. The first-order chi connectivity index (χ1) is 12.9. The molecular weight excluding hydrogens is 380 g/mol. The third kappa shape index (κ3) is 3.14. The van der Waals surface area contributed by atoms with E-state index in [1.165, 1.54) is 13.2 Å². The summed E-state index contributed by atoms with van der Waals surface area (Å²) in [6, 6.07) is 1.51. The summed E-state index contributed by atoms with van der Waals surface area (Å²) in [5.41, 5.74) is 0.904. The third-order valence-corrected chi connectivity index (χ3v) is 8.05. The van der Waals surface area contributed by atoms with Crippen LogP contribution in [-0.2, 0) is 24.2 Å². The number of Topliss-reactive ketones (excluding diaryl/α,β-unsaturated/α-hetero) is 3. The number of sulfone groups is 1. The number of hydrogen-bond acceptors (Lipinski definition) is 6. The van der Waals surface area contributed by atoms with Gasteiger partial charge in [-0.15, -0.1) is 0 Å². The van der Waals surface area contributed by atoms with E-state index in [0.717, 1.165) is 0 Å². The average molecular weight is 407 g/mol. The zero-order valence-corrected chi connectivity index (χ0v) is 17.7. The summed E-state index contributed by atoms with van der Waals surface area (Å²) < 4.78 is 30.8. The van der Waals surface area contributed by atoms with Gasteiger partial charge in [-0.25, -0.2) is 8.42 Å². The van der Waals surface area contributed by atoms with Crippen LogP contribution in [-0.4, -0.2) is 38.6 Å². The number of aryl methyl sites for hydroxylation is 1. The summed E-state index contributed by atoms with van der Waals surface area (Å²) in [5, 5.41) is 0. The summed E-state index contributed by atoms with van der Waals surface area (Å²) in [4.78, 5) is 38.8. The van der Waals surface area contributed by atoms with Gasteiger partial charge in [0.15, 0.2) is 27.2 Å². The summed E-state index contributed by atoms with van der Waals surface area (Å²) >= 11 is 0. The van der Waals surface area contributed by atoms with Gasteiger partial charge >= 0.3 is 0 Å². The van der Waals surface area contributed by atoms with Crippen LogP contribution in [0.3, 0.4) is 0 Å². The van der Waals surface area contributed by atoms with E-state index < -0.39 is 33.1 Å². The van der Waals surface area contributed by atoms with E-state index in [9.17, 15) is 22.8 Å². The van der Waals surface area contributed by atoms with Gasteiger partial charge in [0.2, 0.25) is 0 Å². The van der Waals surface area contributed by atoms with Crippen LogP contribution in [0.1, 0.15) is 66.3 Å². The first-order valence-electron chi connectivity index (χ1n) is 9.43. The van der Waals surface area contributed by atoms with Crippen molar-refractivity contribution in [1.82, 2.24) is 0 Å². The number of ether oxygens (including phenoxy) is 1. The summed E-state index contributed by atoms with van der Waals surface area (Å²) in [6.45, 7) is 6.81. The monoisotopic (exact) mass is 406 g/mol. The SMILES string of the molecule is COC1CCS(=O)(=O)c2c(C)cc(C(=O)C3C(=O)CCC(C)(C)C3=O)c(C)c21. The fraction of sp³-hybridized carbons (Fsp3) is 0.571. The molecule has 0 radical (unpaired) electrons. The van der Waals surface area contributed by atoms with E-state index in [-0.39, 0.29) is 34.2 Å². The van der Waals surface area contributed by atoms with Crippen molar-refractivity contribution in [2.75, 3.05) is 12.9 Å². The van der Waals surface area contributed by atoms with E-state index in [2.05, 4.69) is 0 Å². The molecule has 0 aromatic heterocycles. The van der Waals surface area contributed by atoms with Crippen LogP contribution in [0.5, 0.6) is 0 Å². The van der Waals surface area contributed by atoms with Crippen LogP contribution in [0.15, 0.2) is 11.0 Å². The molecule has 1 fully saturated rings. The molecule has 1 aliphatic carbocycles. The van der Waals surface area contributed by atoms with Gasteiger partial charge < -0.3 is 4.74 Å². The molecule has 3 rings (SSSR count). The maximum Gasteiger partial charge on any atom is 0.181 e. The van der Waals surface area contributed by atoms with Crippen LogP contribution >= 0.6 is 0 Å². The predicted molar refractivity (Wildman–Crippen MR) is 103 cm³/mol. The first kappa shape index (κ1) is 20.9. The highest BCUT2D eigenvalue weighted by molar-refractivity contribution is 7.91. The lowest BCUT2D eigenvalue weighted by atomic mass is 9.68. The Bertz CT molecular complexity index is 987. The van der Waals surface area contributed by atoms with Gasteiger partial charge in [0.25, 0.3) is 0 Å². The highest BCUT2D eigenvalue weighted by Gasteiger charge is 2.47. The number of methoxy groups -OCH3 is 1. The maximum atomic E-state index is 13.3. The van der Waals surface area contributed by atoms with E-state index in [4.69, 9.17) is 4.74 Å². The second-order valence-corrected chi connectivity index (χ2v) is 10.5. The molecule has 1 aliphatic heterocycles. The second kappa shape index (κ2) is 6.88. The van der Waals surface area contributed by atoms with Gasteiger partial charge in [-0.05, 0) is 43.9 Å². The molecule has 1 heterocycles. The van der Waals surface area contributed by atoms with E-state index in [1.807, 2.05) is 0 Å². The number of carbonyl (C=O) groups is 3. The lowest BCUT2D eigenvalue weighted by Gasteiger charge is -2.33.